The molecule has 1 saturated carbocycles. The van der Waals surface area contributed by atoms with E-state index in [1.165, 1.54) is 24.9 Å². The SMILES string of the molecule is CCOC(=O)[C@@]12C[C@]1(C(C)=O)C(OC)Nc1c(C#N)cnn12. The van der Waals surface area contributed by atoms with Gasteiger partial charge in [-0.1, -0.05) is 0 Å². The van der Waals surface area contributed by atoms with Crippen molar-refractivity contribution >= 4 is 17.6 Å². The first-order valence-corrected chi connectivity index (χ1v) is 6.95. The fourth-order valence-corrected chi connectivity index (χ4v) is 3.49. The number of nitrogens with zero attached hydrogens (tertiary/aromatic N) is 3. The molecule has 0 spiro atoms. The van der Waals surface area contributed by atoms with E-state index in [0.717, 1.165) is 0 Å². The third-order valence-corrected chi connectivity index (χ3v) is 4.59. The van der Waals surface area contributed by atoms with E-state index in [9.17, 15) is 14.9 Å². The fourth-order valence-electron chi connectivity index (χ4n) is 3.49. The first kappa shape index (κ1) is 14.5. The van der Waals surface area contributed by atoms with Gasteiger partial charge in [0.2, 0.25) is 0 Å². The molecule has 0 aromatic carbocycles. The molecule has 1 aromatic heterocycles. The summed E-state index contributed by atoms with van der Waals surface area (Å²) in [5, 5.41) is 16.3. The summed E-state index contributed by atoms with van der Waals surface area (Å²) in [6.45, 7) is 3.32. The normalized spacial score (nSPS) is 31.3. The largest absolute Gasteiger partial charge is 0.464 e. The number of esters is 1. The molecule has 22 heavy (non-hydrogen) atoms. The molecule has 1 unspecified atom stereocenters. The van der Waals surface area contributed by atoms with Crippen LogP contribution in [-0.4, -0.2) is 41.5 Å². The van der Waals surface area contributed by atoms with E-state index in [1.54, 1.807) is 6.92 Å². The quantitative estimate of drug-likeness (QED) is 0.802. The lowest BCUT2D eigenvalue weighted by Crippen LogP contribution is -2.52. The summed E-state index contributed by atoms with van der Waals surface area (Å²) in [4.78, 5) is 24.9. The van der Waals surface area contributed by atoms with Crippen LogP contribution in [0.15, 0.2) is 6.20 Å². The van der Waals surface area contributed by atoms with Gasteiger partial charge in [-0.25, -0.2) is 9.48 Å². The van der Waals surface area contributed by atoms with Crippen LogP contribution in [-0.2, 0) is 24.6 Å². The lowest BCUT2D eigenvalue weighted by molar-refractivity contribution is -0.155. The van der Waals surface area contributed by atoms with Gasteiger partial charge in [0.05, 0.1) is 12.8 Å². The molecule has 0 bridgehead atoms. The lowest BCUT2D eigenvalue weighted by Gasteiger charge is -2.35. The van der Waals surface area contributed by atoms with E-state index in [0.29, 0.717) is 5.82 Å². The van der Waals surface area contributed by atoms with Crippen molar-refractivity contribution in [2.75, 3.05) is 19.0 Å². The highest BCUT2D eigenvalue weighted by atomic mass is 16.5. The molecule has 1 N–H and O–H groups in total. The van der Waals surface area contributed by atoms with Gasteiger partial charge >= 0.3 is 5.97 Å². The van der Waals surface area contributed by atoms with Crippen LogP contribution in [0, 0.1) is 16.7 Å². The molecule has 0 amide bonds. The predicted molar refractivity (Wildman–Crippen MR) is 73.7 cm³/mol. The second kappa shape index (κ2) is 4.55. The van der Waals surface area contributed by atoms with Gasteiger partial charge in [-0.3, -0.25) is 4.79 Å². The number of ketones is 1. The minimum absolute atomic E-state index is 0.181. The number of carbonyl (C=O) groups excluding carboxylic acids is 2. The Balaban J connectivity index is 2.22. The minimum Gasteiger partial charge on any atom is -0.464 e. The van der Waals surface area contributed by atoms with E-state index < -0.39 is 23.2 Å². The Labute approximate surface area is 127 Å². The molecule has 0 radical (unpaired) electrons. The van der Waals surface area contributed by atoms with E-state index in [1.807, 2.05) is 6.07 Å². The Hall–Kier alpha value is -2.40. The summed E-state index contributed by atoms with van der Waals surface area (Å²) in [7, 11) is 1.45. The minimum atomic E-state index is -1.24. The number of rotatable bonds is 4. The third-order valence-electron chi connectivity index (χ3n) is 4.59. The maximum absolute atomic E-state index is 12.6. The van der Waals surface area contributed by atoms with Gasteiger partial charge in [0.1, 0.15) is 34.9 Å². The van der Waals surface area contributed by atoms with Crippen molar-refractivity contribution in [1.29, 1.82) is 5.26 Å². The van der Waals surface area contributed by atoms with Gasteiger partial charge in [-0.15, -0.1) is 0 Å². The maximum atomic E-state index is 12.6. The van der Waals surface area contributed by atoms with Gasteiger partial charge in [0.25, 0.3) is 0 Å². The summed E-state index contributed by atoms with van der Waals surface area (Å²) < 4.78 is 12.0. The number of methoxy groups -OCH3 is 1. The lowest BCUT2D eigenvalue weighted by atomic mass is 9.90. The molecule has 1 aliphatic heterocycles. The van der Waals surface area contributed by atoms with Crippen molar-refractivity contribution in [3.05, 3.63) is 11.8 Å². The number of hydrogen-bond acceptors (Lipinski definition) is 7. The summed E-state index contributed by atoms with van der Waals surface area (Å²) in [5.41, 5.74) is -2.03. The van der Waals surface area contributed by atoms with Crippen LogP contribution in [0.3, 0.4) is 0 Å². The number of hydrogen-bond donors (Lipinski definition) is 1. The Morgan fingerprint density at radius 3 is 2.91 bits per heavy atom. The van der Waals surface area contributed by atoms with E-state index in [-0.39, 0.29) is 24.4 Å². The second-order valence-electron chi connectivity index (χ2n) is 5.48. The van der Waals surface area contributed by atoms with Gasteiger partial charge in [0, 0.05) is 13.5 Å². The third kappa shape index (κ3) is 1.41. The van der Waals surface area contributed by atoms with Gasteiger partial charge in [-0.2, -0.15) is 10.4 Å². The highest BCUT2D eigenvalue weighted by Gasteiger charge is 2.83. The Morgan fingerprint density at radius 2 is 2.36 bits per heavy atom. The maximum Gasteiger partial charge on any atom is 0.335 e. The zero-order valence-electron chi connectivity index (χ0n) is 12.5. The van der Waals surface area contributed by atoms with Gasteiger partial charge in [-0.05, 0) is 13.8 Å². The second-order valence-corrected chi connectivity index (χ2v) is 5.48. The van der Waals surface area contributed by atoms with E-state index in [2.05, 4.69) is 10.4 Å². The highest BCUT2D eigenvalue weighted by Crippen LogP contribution is 2.68. The number of nitrogens with one attached hydrogen (secondary N) is 1. The van der Waals surface area contributed by atoms with Gasteiger partial charge < -0.3 is 14.8 Å². The summed E-state index contributed by atoms with van der Waals surface area (Å²) in [6.07, 6.45) is 0.884. The van der Waals surface area contributed by atoms with Crippen LogP contribution in [0.5, 0.6) is 0 Å². The van der Waals surface area contributed by atoms with E-state index >= 15 is 0 Å². The molecule has 0 saturated heterocycles. The van der Waals surface area contributed by atoms with Crippen molar-refractivity contribution < 1.29 is 19.1 Å². The van der Waals surface area contributed by atoms with Crippen molar-refractivity contribution in [3.8, 4) is 6.07 Å². The number of aromatic nitrogens is 2. The fraction of sp³-hybridized carbons (Fsp3) is 0.571. The molecular formula is C14H16N4O4. The van der Waals surface area contributed by atoms with Crippen LogP contribution in [0.25, 0.3) is 0 Å². The monoisotopic (exact) mass is 304 g/mol. The molecular weight excluding hydrogens is 288 g/mol. The van der Waals surface area contributed by atoms with Crippen LogP contribution < -0.4 is 5.32 Å². The van der Waals surface area contributed by atoms with Crippen LogP contribution in [0.4, 0.5) is 5.82 Å². The van der Waals surface area contributed by atoms with Crippen molar-refractivity contribution in [2.45, 2.75) is 32.0 Å². The highest BCUT2D eigenvalue weighted by molar-refractivity contribution is 6.00. The molecule has 1 aliphatic carbocycles. The zero-order chi connectivity index (χ0) is 16.1. The molecule has 1 fully saturated rings. The van der Waals surface area contributed by atoms with Crippen molar-refractivity contribution in [2.24, 2.45) is 5.41 Å². The Morgan fingerprint density at radius 1 is 1.64 bits per heavy atom. The molecule has 8 nitrogen and oxygen atoms in total. The Bertz CT molecular complexity index is 706. The van der Waals surface area contributed by atoms with Crippen molar-refractivity contribution in [1.82, 2.24) is 9.78 Å². The smallest absolute Gasteiger partial charge is 0.335 e. The Kier molecular flexibility index (Phi) is 3.00. The van der Waals surface area contributed by atoms with Crippen molar-refractivity contribution in [3.63, 3.8) is 0 Å². The molecule has 8 heteroatoms. The molecule has 3 rings (SSSR count). The molecule has 2 aliphatic rings. The van der Waals surface area contributed by atoms with Crippen LogP contribution in [0.1, 0.15) is 25.8 Å². The number of Topliss-reactive ketones (excluding diaryl/α,β-unsaturated/α-hetero) is 1. The summed E-state index contributed by atoms with van der Waals surface area (Å²) >= 11 is 0. The predicted octanol–water partition coefficient (Wildman–Crippen LogP) is 0.390. The van der Waals surface area contributed by atoms with Gasteiger partial charge in [0.15, 0.2) is 5.54 Å². The molecule has 1 aromatic rings. The van der Waals surface area contributed by atoms with Crippen LogP contribution >= 0.6 is 0 Å². The topological polar surface area (TPSA) is 106 Å². The van der Waals surface area contributed by atoms with E-state index in [4.69, 9.17) is 9.47 Å². The zero-order valence-corrected chi connectivity index (χ0v) is 12.5. The standard InChI is InChI=1S/C14H16N4O4/c1-4-22-12(20)14-7-13(14,8(2)19)11(21-3)17-10-9(5-15)6-16-18(10)14/h6,11,17H,4,7H2,1-3H3/t11?,13-,14-/m0/s1. The average Bonchev–Trinajstić information content (AvgIpc) is 3.08. The molecule has 3 atom stereocenters. The number of carbonyl (C=O) groups is 2. The van der Waals surface area contributed by atoms with Crippen LogP contribution in [0.2, 0.25) is 0 Å². The number of fused-ring (bicyclic) bond motifs is 3. The first-order valence-electron chi connectivity index (χ1n) is 6.95. The molecule has 2 heterocycles. The molecule has 116 valence electrons. The number of ether oxygens (including phenoxy) is 2. The number of nitriles is 1. The summed E-state index contributed by atoms with van der Waals surface area (Å²) in [6, 6.07) is 2.01. The summed E-state index contributed by atoms with van der Waals surface area (Å²) in [5.74, 6) is -0.334. The average molecular weight is 304 g/mol. The first-order chi connectivity index (χ1) is 10.5. The number of anilines is 1.